The molecule has 1 N–H and O–H groups in total. The lowest BCUT2D eigenvalue weighted by Crippen LogP contribution is -2.38. The number of aryl methyl sites for hydroxylation is 1. The molecule has 0 aliphatic heterocycles. The zero-order chi connectivity index (χ0) is 18.4. The molecule has 136 valence electrons. The minimum Gasteiger partial charge on any atom is -0.352 e. The third-order valence-electron chi connectivity index (χ3n) is 3.89. The highest BCUT2D eigenvalue weighted by Crippen LogP contribution is 2.10. The summed E-state index contributed by atoms with van der Waals surface area (Å²) in [7, 11) is 3.82. The lowest BCUT2D eigenvalue weighted by Gasteiger charge is -2.21. The Bertz CT molecular complexity index is 854. The highest BCUT2D eigenvalue weighted by Gasteiger charge is 2.09. The second kappa shape index (κ2) is 8.57. The summed E-state index contributed by atoms with van der Waals surface area (Å²) in [5.41, 5.74) is 3.45. The number of hydrogen-bond donors (Lipinski definition) is 1. The minimum atomic E-state index is 0.707. The van der Waals surface area contributed by atoms with Gasteiger partial charge in [0.25, 0.3) is 0 Å². The lowest BCUT2D eigenvalue weighted by molar-refractivity contribution is 0.470. The smallest absolute Gasteiger partial charge is 0.194 e. The molecule has 0 unspecified atom stereocenters. The van der Waals surface area contributed by atoms with Crippen molar-refractivity contribution in [2.24, 2.45) is 4.99 Å². The van der Waals surface area contributed by atoms with Crippen molar-refractivity contribution in [3.05, 3.63) is 64.1 Å². The molecule has 7 nitrogen and oxygen atoms in total. The van der Waals surface area contributed by atoms with Gasteiger partial charge in [-0.15, -0.1) is 11.3 Å². The van der Waals surface area contributed by atoms with E-state index in [0.29, 0.717) is 13.1 Å². The van der Waals surface area contributed by atoms with E-state index in [9.17, 15) is 0 Å². The average molecular weight is 369 g/mol. The van der Waals surface area contributed by atoms with Crippen molar-refractivity contribution < 1.29 is 0 Å². The second-order valence-corrected chi connectivity index (χ2v) is 7.09. The Morgan fingerprint density at radius 3 is 2.88 bits per heavy atom. The first kappa shape index (κ1) is 18.1. The first-order valence-corrected chi connectivity index (χ1v) is 9.25. The molecule has 2 heterocycles. The summed E-state index contributed by atoms with van der Waals surface area (Å²) >= 11 is 1.67. The molecule has 0 aliphatic rings. The molecular weight excluding hydrogens is 346 g/mol. The monoisotopic (exact) mass is 369 g/mol. The summed E-state index contributed by atoms with van der Waals surface area (Å²) in [6, 6.07) is 8.44. The van der Waals surface area contributed by atoms with Gasteiger partial charge in [-0.2, -0.15) is 5.10 Å². The Kier molecular flexibility index (Phi) is 5.96. The molecule has 3 aromatic rings. The van der Waals surface area contributed by atoms with Crippen LogP contribution >= 0.6 is 11.3 Å². The fraction of sp³-hybridized carbons (Fsp3) is 0.333. The van der Waals surface area contributed by atoms with E-state index >= 15 is 0 Å². The SMILES string of the molecule is CN=C(NCc1cccc(Cn2cncn2)c1)N(C)Cc1csc(C)n1. The van der Waals surface area contributed by atoms with Crippen molar-refractivity contribution in [2.75, 3.05) is 14.1 Å². The number of aliphatic imine (C=N–C) groups is 1. The third-order valence-corrected chi connectivity index (χ3v) is 4.71. The second-order valence-electron chi connectivity index (χ2n) is 6.03. The maximum Gasteiger partial charge on any atom is 0.194 e. The largest absolute Gasteiger partial charge is 0.352 e. The highest BCUT2D eigenvalue weighted by molar-refractivity contribution is 7.09. The van der Waals surface area contributed by atoms with E-state index in [2.05, 4.69) is 59.9 Å². The summed E-state index contributed by atoms with van der Waals surface area (Å²) in [6.07, 6.45) is 3.27. The molecule has 0 saturated heterocycles. The van der Waals surface area contributed by atoms with Crippen LogP contribution in [0.15, 0.2) is 47.3 Å². The first-order chi connectivity index (χ1) is 12.6. The quantitative estimate of drug-likeness (QED) is 0.533. The molecule has 0 saturated carbocycles. The standard InChI is InChI=1S/C18H23N7S/c1-14-23-17(11-26-14)10-24(3)18(19-2)21-8-15-5-4-6-16(7-15)9-25-13-20-12-22-25/h4-7,11-13H,8-10H2,1-3H3,(H,19,21). The number of nitrogens with zero attached hydrogens (tertiary/aromatic N) is 6. The van der Waals surface area contributed by atoms with Crippen LogP contribution in [0.2, 0.25) is 0 Å². The number of thiazole rings is 1. The van der Waals surface area contributed by atoms with Gasteiger partial charge in [0, 0.05) is 26.0 Å². The van der Waals surface area contributed by atoms with Crippen molar-refractivity contribution in [3.8, 4) is 0 Å². The van der Waals surface area contributed by atoms with Crippen LogP contribution in [0.5, 0.6) is 0 Å². The topological polar surface area (TPSA) is 71.2 Å². The van der Waals surface area contributed by atoms with Crippen LogP contribution in [0.3, 0.4) is 0 Å². The van der Waals surface area contributed by atoms with Crippen LogP contribution in [0.4, 0.5) is 0 Å². The van der Waals surface area contributed by atoms with Crippen LogP contribution in [-0.2, 0) is 19.6 Å². The normalized spacial score (nSPS) is 11.6. The van der Waals surface area contributed by atoms with E-state index in [-0.39, 0.29) is 0 Å². The van der Waals surface area contributed by atoms with E-state index in [4.69, 9.17) is 0 Å². The molecule has 26 heavy (non-hydrogen) atoms. The zero-order valence-corrected chi connectivity index (χ0v) is 16.1. The van der Waals surface area contributed by atoms with E-state index in [1.54, 1.807) is 31.0 Å². The van der Waals surface area contributed by atoms with Crippen molar-refractivity contribution in [1.82, 2.24) is 30.0 Å². The summed E-state index contributed by atoms with van der Waals surface area (Å²) in [4.78, 5) is 14.9. The number of benzene rings is 1. The third kappa shape index (κ3) is 4.89. The lowest BCUT2D eigenvalue weighted by atomic mass is 10.1. The van der Waals surface area contributed by atoms with Crippen molar-refractivity contribution in [2.45, 2.75) is 26.6 Å². The first-order valence-electron chi connectivity index (χ1n) is 8.37. The highest BCUT2D eigenvalue weighted by atomic mass is 32.1. The van der Waals surface area contributed by atoms with Crippen molar-refractivity contribution in [1.29, 1.82) is 0 Å². The van der Waals surface area contributed by atoms with Crippen LogP contribution in [0, 0.1) is 6.92 Å². The van der Waals surface area contributed by atoms with Gasteiger partial charge in [-0.05, 0) is 18.1 Å². The summed E-state index contributed by atoms with van der Waals surface area (Å²) < 4.78 is 1.81. The molecule has 0 spiro atoms. The molecule has 8 heteroatoms. The minimum absolute atomic E-state index is 0.707. The van der Waals surface area contributed by atoms with Crippen molar-refractivity contribution >= 4 is 17.3 Å². The van der Waals surface area contributed by atoms with Gasteiger partial charge in [0.15, 0.2) is 5.96 Å². The molecular formula is C18H23N7S. The predicted octanol–water partition coefficient (Wildman–Crippen LogP) is 2.30. The van der Waals surface area contributed by atoms with Gasteiger partial charge in [0.1, 0.15) is 12.7 Å². The summed E-state index contributed by atoms with van der Waals surface area (Å²) in [5, 5.41) is 10.7. The maximum atomic E-state index is 4.51. The Labute approximate surface area is 157 Å². The van der Waals surface area contributed by atoms with Crippen LogP contribution in [-0.4, -0.2) is 44.7 Å². The number of guanidine groups is 1. The van der Waals surface area contributed by atoms with Crippen LogP contribution < -0.4 is 5.32 Å². The van der Waals surface area contributed by atoms with E-state index in [1.807, 2.05) is 18.7 Å². The van der Waals surface area contributed by atoms with E-state index < -0.39 is 0 Å². The number of nitrogens with one attached hydrogen (secondary N) is 1. The number of aromatic nitrogens is 4. The van der Waals surface area contributed by atoms with Crippen molar-refractivity contribution in [3.63, 3.8) is 0 Å². The van der Waals surface area contributed by atoms with Crippen LogP contribution in [0.25, 0.3) is 0 Å². The number of hydrogen-bond acceptors (Lipinski definition) is 5. The van der Waals surface area contributed by atoms with Crippen LogP contribution in [0.1, 0.15) is 21.8 Å². The fourth-order valence-corrected chi connectivity index (χ4v) is 3.31. The fourth-order valence-electron chi connectivity index (χ4n) is 2.70. The van der Waals surface area contributed by atoms with E-state index in [1.165, 1.54) is 11.1 Å². The van der Waals surface area contributed by atoms with Gasteiger partial charge in [-0.25, -0.2) is 14.6 Å². The van der Waals surface area contributed by atoms with Gasteiger partial charge in [0.05, 0.1) is 23.8 Å². The molecule has 0 radical (unpaired) electrons. The molecule has 2 aromatic heterocycles. The average Bonchev–Trinajstić information content (AvgIpc) is 3.27. The molecule has 0 amide bonds. The van der Waals surface area contributed by atoms with Gasteiger partial charge < -0.3 is 10.2 Å². The molecule has 1 aromatic carbocycles. The Morgan fingerprint density at radius 1 is 1.35 bits per heavy atom. The summed E-state index contributed by atoms with van der Waals surface area (Å²) in [5.74, 6) is 0.845. The maximum absolute atomic E-state index is 4.51. The molecule has 0 aliphatic carbocycles. The molecule has 0 bridgehead atoms. The predicted molar refractivity (Wildman–Crippen MR) is 104 cm³/mol. The van der Waals surface area contributed by atoms with Gasteiger partial charge in [-0.3, -0.25) is 4.99 Å². The van der Waals surface area contributed by atoms with Gasteiger partial charge in [-0.1, -0.05) is 24.3 Å². The Balaban J connectivity index is 1.58. The summed E-state index contributed by atoms with van der Waals surface area (Å²) in [6.45, 7) is 4.17. The zero-order valence-electron chi connectivity index (χ0n) is 15.3. The molecule has 0 atom stereocenters. The van der Waals surface area contributed by atoms with Gasteiger partial charge >= 0.3 is 0 Å². The Hall–Kier alpha value is -2.74. The van der Waals surface area contributed by atoms with Gasteiger partial charge in [0.2, 0.25) is 0 Å². The number of rotatable bonds is 6. The molecule has 3 rings (SSSR count). The molecule has 0 fully saturated rings. The van der Waals surface area contributed by atoms with E-state index in [0.717, 1.165) is 23.2 Å². The Morgan fingerprint density at radius 2 is 2.19 bits per heavy atom.